The van der Waals surface area contributed by atoms with Gasteiger partial charge in [-0.1, -0.05) is 46.3 Å². The third kappa shape index (κ3) is 2.91. The lowest BCUT2D eigenvalue weighted by Crippen LogP contribution is -2.07. The molecule has 0 spiro atoms. The number of hydrogen-bond donors (Lipinski definition) is 0. The van der Waals surface area contributed by atoms with Crippen LogP contribution in [-0.2, 0) is 0 Å². The predicted octanol–water partition coefficient (Wildman–Crippen LogP) is 4.80. The lowest BCUT2D eigenvalue weighted by Gasteiger charge is -2.07. The molecule has 3 heterocycles. The Morgan fingerprint density at radius 2 is 1.86 bits per heavy atom. The zero-order chi connectivity index (χ0) is 20.0. The minimum atomic E-state index is -0.669. The lowest BCUT2D eigenvalue weighted by atomic mass is 10.00. The van der Waals surface area contributed by atoms with Crippen molar-refractivity contribution in [1.29, 1.82) is 5.26 Å². The minimum Gasteiger partial charge on any atom is -0.422 e. The van der Waals surface area contributed by atoms with Gasteiger partial charge in [0.25, 0.3) is 0 Å². The van der Waals surface area contributed by atoms with Gasteiger partial charge in [0.05, 0.1) is 5.69 Å². The first-order valence-corrected chi connectivity index (χ1v) is 9.51. The Morgan fingerprint density at radius 1 is 1.07 bits per heavy atom. The van der Waals surface area contributed by atoms with Gasteiger partial charge in [-0.15, -0.1) is 0 Å². The number of rotatable bonds is 2. The van der Waals surface area contributed by atoms with Gasteiger partial charge in [0.15, 0.2) is 5.65 Å². The zero-order valence-corrected chi connectivity index (χ0v) is 16.4. The van der Waals surface area contributed by atoms with Gasteiger partial charge in [-0.05, 0) is 18.2 Å². The summed E-state index contributed by atoms with van der Waals surface area (Å²) in [7, 11) is 0. The van der Waals surface area contributed by atoms with Crippen molar-refractivity contribution in [3.8, 4) is 28.5 Å². The molecule has 0 saturated heterocycles. The molecule has 7 heteroatoms. The van der Waals surface area contributed by atoms with Gasteiger partial charge in [-0.3, -0.25) is 0 Å². The van der Waals surface area contributed by atoms with E-state index >= 15 is 0 Å². The van der Waals surface area contributed by atoms with Gasteiger partial charge in [0.1, 0.15) is 17.2 Å². The molecule has 138 valence electrons. The van der Waals surface area contributed by atoms with Crippen LogP contribution in [0.2, 0.25) is 0 Å². The molecule has 0 saturated carbocycles. The molecule has 0 aliphatic rings. The number of nitrogens with zero attached hydrogens (tertiary/aromatic N) is 4. The van der Waals surface area contributed by atoms with Crippen LogP contribution in [0.5, 0.6) is 0 Å². The van der Waals surface area contributed by atoms with E-state index in [1.807, 2.05) is 48.5 Å². The normalized spacial score (nSPS) is 11.0. The molecular weight excluding hydrogens is 432 g/mol. The van der Waals surface area contributed by atoms with Gasteiger partial charge in [-0.25, -0.2) is 14.3 Å². The van der Waals surface area contributed by atoms with E-state index in [-0.39, 0.29) is 5.56 Å². The van der Waals surface area contributed by atoms with Crippen molar-refractivity contribution < 1.29 is 4.42 Å². The standard InChI is InChI=1S/C22H11BrN4O2/c23-15-7-5-13(6-8-15)18-9-20-25-11-14(12-27(20)26-18)21-16-3-1-2-4-19(16)29-22(28)17(21)10-24/h1-9,11-12H. The fraction of sp³-hybridized carbons (Fsp3) is 0. The second-order valence-electron chi connectivity index (χ2n) is 6.43. The number of nitriles is 1. The number of para-hydroxylation sites is 1. The zero-order valence-electron chi connectivity index (χ0n) is 14.8. The second-order valence-corrected chi connectivity index (χ2v) is 7.35. The van der Waals surface area contributed by atoms with E-state index < -0.39 is 5.63 Å². The van der Waals surface area contributed by atoms with Gasteiger partial charge in [0, 0.05) is 45.0 Å². The largest absolute Gasteiger partial charge is 0.422 e. The molecule has 0 atom stereocenters. The molecule has 0 bridgehead atoms. The maximum Gasteiger partial charge on any atom is 0.354 e. The number of hydrogen-bond acceptors (Lipinski definition) is 5. The van der Waals surface area contributed by atoms with E-state index in [4.69, 9.17) is 4.42 Å². The maximum absolute atomic E-state index is 12.3. The molecule has 0 unspecified atom stereocenters. The van der Waals surface area contributed by atoms with Crippen LogP contribution in [0.25, 0.3) is 39.0 Å². The highest BCUT2D eigenvalue weighted by molar-refractivity contribution is 9.10. The first-order valence-electron chi connectivity index (χ1n) is 8.72. The van der Waals surface area contributed by atoms with Gasteiger partial charge < -0.3 is 4.42 Å². The third-order valence-corrected chi connectivity index (χ3v) is 5.20. The van der Waals surface area contributed by atoms with Crippen LogP contribution in [0.4, 0.5) is 0 Å². The molecule has 0 radical (unpaired) electrons. The molecule has 0 aliphatic carbocycles. The number of halogens is 1. The molecule has 6 nitrogen and oxygen atoms in total. The van der Waals surface area contributed by atoms with Crippen LogP contribution in [0, 0.1) is 11.3 Å². The predicted molar refractivity (Wildman–Crippen MR) is 112 cm³/mol. The summed E-state index contributed by atoms with van der Waals surface area (Å²) >= 11 is 3.43. The van der Waals surface area contributed by atoms with Crippen molar-refractivity contribution in [2.75, 3.05) is 0 Å². The second kappa shape index (κ2) is 6.69. The van der Waals surface area contributed by atoms with Gasteiger partial charge >= 0.3 is 5.63 Å². The number of aromatic nitrogens is 3. The van der Waals surface area contributed by atoms with Gasteiger partial charge in [-0.2, -0.15) is 10.4 Å². The van der Waals surface area contributed by atoms with Crippen molar-refractivity contribution >= 4 is 32.5 Å². The highest BCUT2D eigenvalue weighted by Crippen LogP contribution is 2.30. The summed E-state index contributed by atoms with van der Waals surface area (Å²) in [6, 6.07) is 18.8. The highest BCUT2D eigenvalue weighted by Gasteiger charge is 2.17. The smallest absolute Gasteiger partial charge is 0.354 e. The van der Waals surface area contributed by atoms with Crippen LogP contribution in [0.1, 0.15) is 5.56 Å². The Bertz CT molecular complexity index is 1490. The Morgan fingerprint density at radius 3 is 2.66 bits per heavy atom. The Labute approximate surface area is 172 Å². The summed E-state index contributed by atoms with van der Waals surface area (Å²) in [5.74, 6) is 0. The summed E-state index contributed by atoms with van der Waals surface area (Å²) in [5.41, 5.74) is 3.21. The van der Waals surface area contributed by atoms with Crippen LogP contribution in [0.3, 0.4) is 0 Å². The van der Waals surface area contributed by atoms with E-state index in [9.17, 15) is 10.1 Å². The number of fused-ring (bicyclic) bond motifs is 2. The van der Waals surface area contributed by atoms with Crippen molar-refractivity contribution in [1.82, 2.24) is 14.6 Å². The summed E-state index contributed by atoms with van der Waals surface area (Å²) in [4.78, 5) is 16.8. The van der Waals surface area contributed by atoms with E-state index in [0.717, 1.165) is 15.7 Å². The maximum atomic E-state index is 12.3. The minimum absolute atomic E-state index is 0.0508. The van der Waals surface area contributed by atoms with Crippen LogP contribution < -0.4 is 5.63 Å². The molecule has 0 amide bonds. The van der Waals surface area contributed by atoms with Crippen LogP contribution >= 0.6 is 15.9 Å². The lowest BCUT2D eigenvalue weighted by molar-refractivity contribution is 0.559. The Hall–Kier alpha value is -3.76. The van der Waals surface area contributed by atoms with E-state index in [0.29, 0.717) is 27.7 Å². The molecule has 5 aromatic rings. The average molecular weight is 443 g/mol. The SMILES string of the molecule is N#Cc1c(-c2cnc3cc(-c4ccc(Br)cc4)nn3c2)c2ccccc2oc1=O. The quantitative estimate of drug-likeness (QED) is 0.366. The van der Waals surface area contributed by atoms with Gasteiger partial charge in [0.2, 0.25) is 0 Å². The highest BCUT2D eigenvalue weighted by atomic mass is 79.9. The summed E-state index contributed by atoms with van der Waals surface area (Å²) in [6.07, 6.45) is 3.41. The first kappa shape index (κ1) is 17.3. The average Bonchev–Trinajstić information content (AvgIpc) is 3.16. The fourth-order valence-corrected chi connectivity index (χ4v) is 3.58. The molecule has 3 aromatic heterocycles. The van der Waals surface area contributed by atoms with Crippen molar-refractivity contribution in [2.45, 2.75) is 0 Å². The molecule has 5 rings (SSSR count). The van der Waals surface area contributed by atoms with E-state index in [1.54, 1.807) is 29.0 Å². The molecule has 0 N–H and O–H groups in total. The third-order valence-electron chi connectivity index (χ3n) is 4.67. The number of benzene rings is 2. The van der Waals surface area contributed by atoms with Crippen molar-refractivity contribution in [3.63, 3.8) is 0 Å². The Balaban J connectivity index is 1.73. The molecule has 0 fully saturated rings. The first-order chi connectivity index (χ1) is 14.1. The van der Waals surface area contributed by atoms with E-state index in [2.05, 4.69) is 26.0 Å². The van der Waals surface area contributed by atoms with Crippen LogP contribution in [0.15, 0.2) is 80.7 Å². The topological polar surface area (TPSA) is 84.2 Å². The molecule has 2 aromatic carbocycles. The van der Waals surface area contributed by atoms with Crippen molar-refractivity contribution in [3.05, 3.63) is 87.4 Å². The summed E-state index contributed by atoms with van der Waals surface area (Å²) in [6.45, 7) is 0. The fourth-order valence-electron chi connectivity index (χ4n) is 3.32. The molecular formula is C22H11BrN4O2. The molecule has 0 aliphatic heterocycles. The van der Waals surface area contributed by atoms with Crippen molar-refractivity contribution in [2.24, 2.45) is 0 Å². The van der Waals surface area contributed by atoms with Crippen LogP contribution in [-0.4, -0.2) is 14.6 Å². The van der Waals surface area contributed by atoms with E-state index in [1.165, 1.54) is 0 Å². The Kier molecular flexibility index (Phi) is 4.00. The monoisotopic (exact) mass is 442 g/mol. The summed E-state index contributed by atoms with van der Waals surface area (Å²) < 4.78 is 7.92. The summed E-state index contributed by atoms with van der Waals surface area (Å²) in [5, 5.41) is 14.8. The molecule has 29 heavy (non-hydrogen) atoms.